The number of piperidine rings is 1. The Balaban J connectivity index is 1.37. The Kier molecular flexibility index (Phi) is 6.51. The largest absolute Gasteiger partial charge is 0.325 e. The Labute approximate surface area is 192 Å². The van der Waals surface area contributed by atoms with Gasteiger partial charge in [-0.3, -0.25) is 9.19 Å². The average Bonchev–Trinajstić information content (AvgIpc) is 3.59. The van der Waals surface area contributed by atoms with Gasteiger partial charge in [-0.05, 0) is 43.9 Å². The summed E-state index contributed by atoms with van der Waals surface area (Å²) in [6, 6.07) is 4.32. The topological polar surface area (TPSA) is 65.5 Å². The van der Waals surface area contributed by atoms with Crippen molar-refractivity contribution in [3.05, 3.63) is 47.1 Å². The molecule has 1 aromatic carbocycles. The van der Waals surface area contributed by atoms with Crippen LogP contribution in [0.3, 0.4) is 0 Å². The second-order valence-electron chi connectivity index (χ2n) is 8.61. The van der Waals surface area contributed by atoms with Crippen LogP contribution in [0.1, 0.15) is 25.7 Å². The number of carbonyl (C=O) groups excluding carboxylic acids is 1. The van der Waals surface area contributed by atoms with Crippen LogP contribution in [0.5, 0.6) is 0 Å². The predicted octanol–water partition coefficient (Wildman–Crippen LogP) is 4.33. The molecule has 32 heavy (non-hydrogen) atoms. The number of anilines is 1. The Morgan fingerprint density at radius 2 is 1.78 bits per heavy atom. The summed E-state index contributed by atoms with van der Waals surface area (Å²) in [4.78, 5) is 18.6. The van der Waals surface area contributed by atoms with Gasteiger partial charge in [-0.15, -0.1) is 0 Å². The fraction of sp³-hybridized carbons (Fsp3) is 0.455. The zero-order chi connectivity index (χ0) is 23.0. The highest BCUT2D eigenvalue weighted by atomic mass is 35.5. The van der Waals surface area contributed by atoms with Gasteiger partial charge >= 0.3 is 6.03 Å². The minimum Gasteiger partial charge on any atom is -0.325 e. The van der Waals surface area contributed by atoms with Crippen molar-refractivity contribution in [2.24, 2.45) is 0 Å². The lowest BCUT2D eigenvalue weighted by Gasteiger charge is -2.41. The number of hydrogen-bond donors (Lipinski definition) is 2. The fourth-order valence-electron chi connectivity index (χ4n) is 4.21. The lowest BCUT2D eigenvalue weighted by Crippen LogP contribution is -2.50. The van der Waals surface area contributed by atoms with Gasteiger partial charge < -0.3 is 10.2 Å². The molecular weight excluding hydrogens is 458 g/mol. The van der Waals surface area contributed by atoms with Crippen molar-refractivity contribution in [3.63, 3.8) is 0 Å². The molecule has 0 unspecified atom stereocenters. The molecule has 0 bridgehead atoms. The van der Waals surface area contributed by atoms with Crippen LogP contribution in [0.15, 0.2) is 30.5 Å². The Morgan fingerprint density at radius 1 is 1.16 bits per heavy atom. The third-order valence-electron chi connectivity index (χ3n) is 6.32. The van der Waals surface area contributed by atoms with Gasteiger partial charge in [0.15, 0.2) is 0 Å². The first-order valence-corrected chi connectivity index (χ1v) is 13.2. The molecule has 1 saturated heterocycles. The molecule has 2 aromatic rings. The first-order chi connectivity index (χ1) is 15.1. The third-order valence-corrected chi connectivity index (χ3v) is 10.0. The van der Waals surface area contributed by atoms with E-state index in [0.29, 0.717) is 10.9 Å². The van der Waals surface area contributed by atoms with Crippen LogP contribution >= 0.6 is 11.6 Å². The number of halogens is 3. The maximum atomic E-state index is 13.5. The quantitative estimate of drug-likeness (QED) is 0.621. The van der Waals surface area contributed by atoms with Crippen LogP contribution in [-0.2, 0) is 10.1 Å². The number of rotatable bonds is 5. The number of hydrogen-bond acceptors (Lipinski definition) is 3. The second kappa shape index (κ2) is 9.03. The molecule has 0 atom stereocenters. The minimum absolute atomic E-state index is 0.0448. The highest BCUT2D eigenvalue weighted by molar-refractivity contribution is 8.01. The molecule has 2 aliphatic rings. The molecule has 0 spiro atoms. The van der Waals surface area contributed by atoms with Crippen molar-refractivity contribution in [2.45, 2.75) is 37.0 Å². The summed E-state index contributed by atoms with van der Waals surface area (Å²) in [7, 11) is -0.525. The molecule has 2 amide bonds. The first kappa shape index (κ1) is 23.1. The van der Waals surface area contributed by atoms with Gasteiger partial charge in [0.05, 0.1) is 22.6 Å². The minimum atomic E-state index is -2.26. The smallest absolute Gasteiger partial charge is 0.321 e. The molecule has 6 nitrogen and oxygen atoms in total. The van der Waals surface area contributed by atoms with Crippen molar-refractivity contribution in [2.75, 3.05) is 31.7 Å². The summed E-state index contributed by atoms with van der Waals surface area (Å²) < 4.78 is 42.1. The van der Waals surface area contributed by atoms with E-state index in [1.807, 2.05) is 6.26 Å². The van der Waals surface area contributed by atoms with E-state index in [-0.39, 0.29) is 28.4 Å². The Bertz CT molecular complexity index is 1050. The molecule has 1 aromatic heterocycles. The maximum absolute atomic E-state index is 13.5. The molecule has 174 valence electrons. The summed E-state index contributed by atoms with van der Waals surface area (Å²) in [5.74, 6) is -1.45. The number of nitrogens with zero attached hydrogens (tertiary/aromatic N) is 3. The summed E-state index contributed by atoms with van der Waals surface area (Å²) in [6.45, 7) is 1.44. The highest BCUT2D eigenvalue weighted by Crippen LogP contribution is 2.36. The molecule has 2 fully saturated rings. The number of nitrogens with one attached hydrogen (secondary N) is 1. The summed E-state index contributed by atoms with van der Waals surface area (Å²) in [5.41, 5.74) is 0.828. The van der Waals surface area contributed by atoms with Crippen molar-refractivity contribution in [1.29, 1.82) is 0 Å². The number of amides is 2. The van der Waals surface area contributed by atoms with Crippen LogP contribution in [0.2, 0.25) is 5.02 Å². The fourth-order valence-corrected chi connectivity index (χ4v) is 7.08. The molecule has 1 aliphatic carbocycles. The van der Waals surface area contributed by atoms with Crippen LogP contribution in [0.25, 0.3) is 11.3 Å². The Morgan fingerprint density at radius 3 is 2.34 bits per heavy atom. The van der Waals surface area contributed by atoms with Gasteiger partial charge in [-0.1, -0.05) is 21.7 Å². The second-order valence-corrected chi connectivity index (χ2v) is 12.2. The van der Waals surface area contributed by atoms with Crippen molar-refractivity contribution < 1.29 is 17.8 Å². The number of thiol groups is 1. The lowest BCUT2D eigenvalue weighted by molar-refractivity contribution is 0.174. The standard InChI is InChI=1S/C22H27ClF2N4O2S/c1-28(18-5-7-29(8-6-18)32(2,31)19-3-4-19)22(30)27-17-12-20(23)21(26-13-17)14-9-15(24)11-16(25)10-14/h9-13,18-19,32H,3-8H2,1-2H3,(H,27,30). The van der Waals surface area contributed by atoms with Crippen LogP contribution < -0.4 is 5.32 Å². The van der Waals surface area contributed by atoms with Gasteiger partial charge in [0.1, 0.15) is 11.6 Å². The number of urea groups is 1. The van der Waals surface area contributed by atoms with E-state index in [1.165, 1.54) is 12.3 Å². The zero-order valence-corrected chi connectivity index (χ0v) is 19.7. The molecule has 1 N–H and O–H groups in total. The van der Waals surface area contributed by atoms with E-state index < -0.39 is 21.8 Å². The van der Waals surface area contributed by atoms with Gasteiger partial charge in [0.2, 0.25) is 0 Å². The van der Waals surface area contributed by atoms with Crippen LogP contribution in [-0.4, -0.2) is 62.1 Å². The van der Waals surface area contributed by atoms with E-state index >= 15 is 0 Å². The molecule has 10 heteroatoms. The van der Waals surface area contributed by atoms with Crippen molar-refractivity contribution >= 4 is 33.4 Å². The molecule has 0 radical (unpaired) electrons. The summed E-state index contributed by atoms with van der Waals surface area (Å²) in [6.07, 6.45) is 6.93. The van der Waals surface area contributed by atoms with Crippen molar-refractivity contribution in [1.82, 2.24) is 14.2 Å². The molecule has 1 aliphatic heterocycles. The predicted molar refractivity (Wildman–Crippen MR) is 124 cm³/mol. The molecule has 4 rings (SSSR count). The van der Waals surface area contributed by atoms with E-state index in [2.05, 4.69) is 14.6 Å². The third kappa shape index (κ3) is 4.94. The van der Waals surface area contributed by atoms with E-state index in [4.69, 9.17) is 11.6 Å². The number of aromatic nitrogens is 1. The molecular formula is C22H27ClF2N4O2S. The summed E-state index contributed by atoms with van der Waals surface area (Å²) in [5, 5.41) is 3.29. The molecule has 1 saturated carbocycles. The van der Waals surface area contributed by atoms with Gasteiger partial charge in [0.25, 0.3) is 0 Å². The SMILES string of the molecule is CN(C(=O)Nc1cnc(-c2cc(F)cc(F)c2)c(Cl)c1)C1CCN([SH](C)(=O)C2CC2)CC1. The van der Waals surface area contributed by atoms with Crippen molar-refractivity contribution in [3.8, 4) is 11.3 Å². The number of pyridine rings is 1. The monoisotopic (exact) mass is 484 g/mol. The highest BCUT2D eigenvalue weighted by Gasteiger charge is 2.39. The number of benzene rings is 1. The first-order valence-electron chi connectivity index (χ1n) is 10.6. The number of carbonyl (C=O) groups is 1. The average molecular weight is 485 g/mol. The van der Waals surface area contributed by atoms with Crippen LogP contribution in [0, 0.1) is 11.6 Å². The van der Waals surface area contributed by atoms with Gasteiger partial charge in [-0.2, -0.15) is 0 Å². The van der Waals surface area contributed by atoms with E-state index in [1.54, 1.807) is 11.9 Å². The van der Waals surface area contributed by atoms with E-state index in [0.717, 1.165) is 57.0 Å². The lowest BCUT2D eigenvalue weighted by atomic mass is 10.1. The van der Waals surface area contributed by atoms with E-state index in [9.17, 15) is 17.8 Å². The maximum Gasteiger partial charge on any atom is 0.321 e. The normalized spacial score (nSPS) is 18.4. The summed E-state index contributed by atoms with van der Waals surface area (Å²) >= 11 is 6.27. The molecule has 2 heterocycles. The Hall–Kier alpha value is -2.10. The van der Waals surface area contributed by atoms with Crippen LogP contribution in [0.4, 0.5) is 19.3 Å². The van der Waals surface area contributed by atoms with Gasteiger partial charge in [0, 0.05) is 49.3 Å². The zero-order valence-electron chi connectivity index (χ0n) is 18.0. The van der Waals surface area contributed by atoms with Gasteiger partial charge in [-0.25, -0.2) is 17.9 Å².